The lowest BCUT2D eigenvalue weighted by Gasteiger charge is -2.24. The molecule has 1 saturated heterocycles. The van der Waals surface area contributed by atoms with Gasteiger partial charge in [0.25, 0.3) is 0 Å². The van der Waals surface area contributed by atoms with Crippen molar-refractivity contribution in [3.8, 4) is 0 Å². The molecular weight excluding hydrogens is 322 g/mol. The average molecular weight is 366 g/mol. The quantitative estimate of drug-likeness (QED) is 0.394. The zero-order valence-corrected chi connectivity index (χ0v) is 17.6. The molecule has 2 fully saturated rings. The SMILES string of the molecule is CN=C(NCCCN1CCCN(C)CC1)NC(C)CCC1CCCCC1. The van der Waals surface area contributed by atoms with Crippen LogP contribution >= 0.6 is 0 Å². The van der Waals surface area contributed by atoms with Gasteiger partial charge in [0.1, 0.15) is 0 Å². The molecule has 1 atom stereocenters. The Kier molecular flexibility index (Phi) is 10.4. The molecule has 0 aromatic heterocycles. The summed E-state index contributed by atoms with van der Waals surface area (Å²) in [6.07, 6.45) is 12.4. The summed E-state index contributed by atoms with van der Waals surface area (Å²) >= 11 is 0. The summed E-state index contributed by atoms with van der Waals surface area (Å²) < 4.78 is 0. The first-order valence-electron chi connectivity index (χ1n) is 11.1. The van der Waals surface area contributed by atoms with Gasteiger partial charge in [-0.2, -0.15) is 0 Å². The van der Waals surface area contributed by atoms with Crippen LogP contribution in [0.4, 0.5) is 0 Å². The van der Waals surface area contributed by atoms with Gasteiger partial charge in [0.15, 0.2) is 5.96 Å². The van der Waals surface area contributed by atoms with Crippen molar-refractivity contribution in [2.75, 3.05) is 53.4 Å². The van der Waals surface area contributed by atoms with Crippen LogP contribution in [0.2, 0.25) is 0 Å². The fraction of sp³-hybridized carbons (Fsp3) is 0.952. The molecular formula is C21H43N5. The molecule has 2 rings (SSSR count). The molecule has 26 heavy (non-hydrogen) atoms. The number of rotatable bonds is 8. The van der Waals surface area contributed by atoms with E-state index >= 15 is 0 Å². The summed E-state index contributed by atoms with van der Waals surface area (Å²) in [5.74, 6) is 1.94. The fourth-order valence-corrected chi connectivity index (χ4v) is 4.29. The number of aliphatic imine (C=N–C) groups is 1. The second-order valence-corrected chi connectivity index (χ2v) is 8.48. The van der Waals surface area contributed by atoms with E-state index in [0.717, 1.165) is 18.4 Å². The van der Waals surface area contributed by atoms with Crippen LogP contribution in [0.5, 0.6) is 0 Å². The Bertz CT molecular complexity index is 392. The first-order chi connectivity index (χ1) is 12.7. The molecule has 1 unspecified atom stereocenters. The van der Waals surface area contributed by atoms with Crippen molar-refractivity contribution in [1.29, 1.82) is 0 Å². The van der Waals surface area contributed by atoms with E-state index in [-0.39, 0.29) is 0 Å². The maximum atomic E-state index is 4.41. The van der Waals surface area contributed by atoms with E-state index in [4.69, 9.17) is 0 Å². The van der Waals surface area contributed by atoms with Crippen molar-refractivity contribution in [3.63, 3.8) is 0 Å². The molecule has 2 N–H and O–H groups in total. The summed E-state index contributed by atoms with van der Waals surface area (Å²) in [7, 11) is 4.12. The van der Waals surface area contributed by atoms with Gasteiger partial charge in [-0.15, -0.1) is 0 Å². The van der Waals surface area contributed by atoms with Crippen molar-refractivity contribution >= 4 is 5.96 Å². The maximum Gasteiger partial charge on any atom is 0.191 e. The lowest BCUT2D eigenvalue weighted by molar-refractivity contribution is 0.273. The predicted octanol–water partition coefficient (Wildman–Crippen LogP) is 2.93. The third kappa shape index (κ3) is 8.72. The number of hydrogen-bond acceptors (Lipinski definition) is 3. The smallest absolute Gasteiger partial charge is 0.191 e. The molecule has 1 saturated carbocycles. The van der Waals surface area contributed by atoms with Crippen molar-refractivity contribution in [2.24, 2.45) is 10.9 Å². The van der Waals surface area contributed by atoms with Gasteiger partial charge in [0.2, 0.25) is 0 Å². The third-order valence-corrected chi connectivity index (χ3v) is 6.10. The van der Waals surface area contributed by atoms with Crippen LogP contribution < -0.4 is 10.6 Å². The molecule has 152 valence electrons. The van der Waals surface area contributed by atoms with Gasteiger partial charge in [-0.05, 0) is 65.2 Å². The van der Waals surface area contributed by atoms with E-state index < -0.39 is 0 Å². The van der Waals surface area contributed by atoms with Crippen molar-refractivity contribution in [1.82, 2.24) is 20.4 Å². The van der Waals surface area contributed by atoms with Gasteiger partial charge in [-0.1, -0.05) is 32.1 Å². The number of nitrogens with one attached hydrogen (secondary N) is 2. The van der Waals surface area contributed by atoms with Gasteiger partial charge in [0, 0.05) is 32.7 Å². The van der Waals surface area contributed by atoms with Gasteiger partial charge >= 0.3 is 0 Å². The van der Waals surface area contributed by atoms with E-state index in [1.165, 1.54) is 90.5 Å². The van der Waals surface area contributed by atoms with Crippen LogP contribution in [0, 0.1) is 5.92 Å². The molecule has 1 aliphatic heterocycles. The zero-order valence-electron chi connectivity index (χ0n) is 17.6. The summed E-state index contributed by atoms with van der Waals surface area (Å²) in [5, 5.41) is 7.08. The summed E-state index contributed by atoms with van der Waals surface area (Å²) in [5.41, 5.74) is 0. The monoisotopic (exact) mass is 365 g/mol. The Morgan fingerprint density at radius 3 is 2.65 bits per heavy atom. The number of likely N-dealkylation sites (N-methyl/N-ethyl adjacent to an activating group) is 1. The molecule has 0 amide bonds. The third-order valence-electron chi connectivity index (χ3n) is 6.10. The van der Waals surface area contributed by atoms with E-state index in [1.807, 2.05) is 7.05 Å². The molecule has 1 heterocycles. The second-order valence-electron chi connectivity index (χ2n) is 8.48. The minimum atomic E-state index is 0.504. The Labute approximate surface area is 162 Å². The van der Waals surface area contributed by atoms with Crippen molar-refractivity contribution in [3.05, 3.63) is 0 Å². The second kappa shape index (κ2) is 12.6. The number of hydrogen-bond donors (Lipinski definition) is 2. The van der Waals surface area contributed by atoms with E-state index in [2.05, 4.69) is 39.4 Å². The molecule has 0 spiro atoms. The Morgan fingerprint density at radius 2 is 1.88 bits per heavy atom. The Hall–Kier alpha value is -0.810. The van der Waals surface area contributed by atoms with E-state index in [1.54, 1.807) is 0 Å². The topological polar surface area (TPSA) is 42.9 Å². The van der Waals surface area contributed by atoms with Gasteiger partial charge in [-0.25, -0.2) is 0 Å². The highest BCUT2D eigenvalue weighted by molar-refractivity contribution is 5.79. The van der Waals surface area contributed by atoms with Crippen LogP contribution in [-0.2, 0) is 0 Å². The van der Waals surface area contributed by atoms with Gasteiger partial charge in [-0.3, -0.25) is 4.99 Å². The number of guanidine groups is 1. The Morgan fingerprint density at radius 1 is 1.08 bits per heavy atom. The largest absolute Gasteiger partial charge is 0.356 e. The number of nitrogens with zero attached hydrogens (tertiary/aromatic N) is 3. The summed E-state index contributed by atoms with van der Waals surface area (Å²) in [4.78, 5) is 9.45. The van der Waals surface area contributed by atoms with Crippen molar-refractivity contribution in [2.45, 2.75) is 70.8 Å². The van der Waals surface area contributed by atoms with Crippen LogP contribution in [0.3, 0.4) is 0 Å². The van der Waals surface area contributed by atoms with E-state index in [0.29, 0.717) is 6.04 Å². The Balaban J connectivity index is 1.55. The fourth-order valence-electron chi connectivity index (χ4n) is 4.29. The maximum absolute atomic E-state index is 4.41. The first-order valence-corrected chi connectivity index (χ1v) is 11.1. The highest BCUT2D eigenvalue weighted by Gasteiger charge is 2.15. The van der Waals surface area contributed by atoms with Crippen LogP contribution in [0.25, 0.3) is 0 Å². The van der Waals surface area contributed by atoms with Crippen LogP contribution in [0.15, 0.2) is 4.99 Å². The molecule has 0 radical (unpaired) electrons. The summed E-state index contributed by atoms with van der Waals surface area (Å²) in [6, 6.07) is 0.504. The normalized spacial score (nSPS) is 22.8. The minimum Gasteiger partial charge on any atom is -0.356 e. The van der Waals surface area contributed by atoms with E-state index in [9.17, 15) is 0 Å². The molecule has 0 bridgehead atoms. The molecule has 0 aromatic carbocycles. The highest BCUT2D eigenvalue weighted by Crippen LogP contribution is 2.27. The first kappa shape index (κ1) is 21.5. The van der Waals surface area contributed by atoms with Gasteiger partial charge < -0.3 is 20.4 Å². The van der Waals surface area contributed by atoms with Crippen molar-refractivity contribution < 1.29 is 0 Å². The van der Waals surface area contributed by atoms with Crippen LogP contribution in [0.1, 0.15) is 64.7 Å². The molecule has 0 aromatic rings. The molecule has 1 aliphatic carbocycles. The van der Waals surface area contributed by atoms with Crippen LogP contribution in [-0.4, -0.2) is 75.2 Å². The summed E-state index contributed by atoms with van der Waals surface area (Å²) in [6.45, 7) is 9.39. The minimum absolute atomic E-state index is 0.504. The average Bonchev–Trinajstić information content (AvgIpc) is 2.87. The zero-order chi connectivity index (χ0) is 18.6. The standard InChI is InChI=1S/C21H43N5/c1-19(11-12-20-9-5-4-6-10-20)24-21(22-2)23-13-7-15-26-16-8-14-25(3)17-18-26/h19-20H,4-18H2,1-3H3,(H2,22,23,24). The molecule has 5 heteroatoms. The van der Waals surface area contributed by atoms with Gasteiger partial charge in [0.05, 0.1) is 0 Å². The lowest BCUT2D eigenvalue weighted by Crippen LogP contribution is -2.43. The predicted molar refractivity (Wildman–Crippen MR) is 113 cm³/mol. The highest BCUT2D eigenvalue weighted by atomic mass is 15.2. The molecule has 5 nitrogen and oxygen atoms in total. The molecule has 2 aliphatic rings. The lowest BCUT2D eigenvalue weighted by atomic mass is 9.85.